The quantitative estimate of drug-likeness (QED) is 0.722. The first-order valence-corrected chi connectivity index (χ1v) is 9.40. The molecule has 0 amide bonds. The number of rotatable bonds is 7. The lowest BCUT2D eigenvalue weighted by Gasteiger charge is -2.20. The fourth-order valence-electron chi connectivity index (χ4n) is 3.18. The van der Waals surface area contributed by atoms with Crippen molar-refractivity contribution in [2.24, 2.45) is 0 Å². The second-order valence-electron chi connectivity index (χ2n) is 6.46. The molecule has 0 saturated carbocycles. The number of para-hydroxylation sites is 1. The largest absolute Gasteiger partial charge is 0.507 e. The summed E-state index contributed by atoms with van der Waals surface area (Å²) < 4.78 is 11.2. The Hall–Kier alpha value is -3.05. The maximum Gasteiger partial charge on any atom is 0.231 e. The maximum atomic E-state index is 12.7. The molecule has 0 fully saturated rings. The van der Waals surface area contributed by atoms with Crippen LogP contribution in [-0.2, 0) is 6.54 Å². The Morgan fingerprint density at radius 2 is 1.89 bits per heavy atom. The van der Waals surface area contributed by atoms with Gasteiger partial charge in [0.1, 0.15) is 17.2 Å². The number of carbonyl (C=O) groups excluding carboxylic acids is 1. The average molecular weight is 379 g/mol. The molecule has 28 heavy (non-hydrogen) atoms. The number of carbonyl (C=O) groups is 1. The monoisotopic (exact) mass is 379 g/mol. The van der Waals surface area contributed by atoms with E-state index in [1.54, 1.807) is 31.4 Å². The van der Waals surface area contributed by atoms with Crippen molar-refractivity contribution in [2.75, 3.05) is 20.2 Å². The molecule has 0 atom stereocenters. The van der Waals surface area contributed by atoms with Crippen LogP contribution in [0.5, 0.6) is 17.2 Å². The van der Waals surface area contributed by atoms with Gasteiger partial charge in [0, 0.05) is 12.1 Å². The Labute approximate surface area is 165 Å². The topological polar surface area (TPSA) is 59.0 Å². The van der Waals surface area contributed by atoms with E-state index < -0.39 is 0 Å². The summed E-state index contributed by atoms with van der Waals surface area (Å²) in [5.74, 6) is 1.41. The zero-order chi connectivity index (χ0) is 20.1. The van der Waals surface area contributed by atoms with Crippen LogP contribution in [0.4, 0.5) is 0 Å². The fourth-order valence-corrected chi connectivity index (χ4v) is 3.18. The zero-order valence-electron chi connectivity index (χ0n) is 16.4. The molecule has 5 heteroatoms. The van der Waals surface area contributed by atoms with Gasteiger partial charge in [0.15, 0.2) is 5.76 Å². The Bertz CT molecular complexity index is 926. The first kappa shape index (κ1) is 19.7. The van der Waals surface area contributed by atoms with Gasteiger partial charge in [-0.15, -0.1) is 0 Å². The number of methoxy groups -OCH3 is 1. The Morgan fingerprint density at radius 3 is 2.61 bits per heavy atom. The lowest BCUT2D eigenvalue weighted by molar-refractivity contribution is 0.101. The number of allylic oxidation sites excluding steroid dienone is 3. The number of hydrogen-bond acceptors (Lipinski definition) is 5. The standard InChI is InChI=1S/C23H25NO4/c1-4-24(5-2)15-18-19(25)14-13-17-22(26)21(28-23(17)18)12-8-10-16-9-6-7-11-20(16)27-3/h6-14,25H,4-5,15H2,1-3H3/b10-8+,21-12+. The fraction of sp³-hybridized carbons (Fsp3) is 0.261. The van der Waals surface area contributed by atoms with Crippen molar-refractivity contribution in [1.29, 1.82) is 0 Å². The van der Waals surface area contributed by atoms with Crippen LogP contribution in [0.15, 0.2) is 54.3 Å². The highest BCUT2D eigenvalue weighted by atomic mass is 16.5. The average Bonchev–Trinajstić information content (AvgIpc) is 3.03. The van der Waals surface area contributed by atoms with Gasteiger partial charge in [-0.2, -0.15) is 0 Å². The van der Waals surface area contributed by atoms with Crippen molar-refractivity contribution >= 4 is 11.9 Å². The third-order valence-electron chi connectivity index (χ3n) is 4.85. The van der Waals surface area contributed by atoms with E-state index in [2.05, 4.69) is 18.7 Å². The van der Waals surface area contributed by atoms with Crippen LogP contribution in [-0.4, -0.2) is 36.0 Å². The molecule has 5 nitrogen and oxygen atoms in total. The second kappa shape index (κ2) is 8.76. The molecule has 2 aromatic rings. The van der Waals surface area contributed by atoms with Crippen molar-refractivity contribution in [3.05, 3.63) is 71.0 Å². The molecule has 0 aromatic heterocycles. The van der Waals surface area contributed by atoms with E-state index in [0.29, 0.717) is 23.4 Å². The number of phenols is 1. The van der Waals surface area contributed by atoms with Crippen molar-refractivity contribution in [3.8, 4) is 17.2 Å². The highest BCUT2D eigenvalue weighted by molar-refractivity contribution is 6.12. The van der Waals surface area contributed by atoms with Gasteiger partial charge < -0.3 is 14.6 Å². The molecular weight excluding hydrogens is 354 g/mol. The molecule has 3 rings (SSSR count). The summed E-state index contributed by atoms with van der Waals surface area (Å²) in [6, 6.07) is 10.8. The van der Waals surface area contributed by atoms with Crippen LogP contribution in [0, 0.1) is 0 Å². The van der Waals surface area contributed by atoms with Gasteiger partial charge in [0.25, 0.3) is 0 Å². The second-order valence-corrected chi connectivity index (χ2v) is 6.46. The maximum absolute atomic E-state index is 12.7. The predicted octanol–water partition coefficient (Wildman–Crippen LogP) is 4.42. The molecule has 0 bridgehead atoms. The van der Waals surface area contributed by atoms with Crippen LogP contribution in [0.25, 0.3) is 6.08 Å². The number of fused-ring (bicyclic) bond motifs is 1. The summed E-state index contributed by atoms with van der Waals surface area (Å²) in [4.78, 5) is 14.9. The molecule has 1 N–H and O–H groups in total. The molecule has 1 heterocycles. The number of ether oxygens (including phenoxy) is 2. The Balaban J connectivity index is 1.87. The molecule has 0 aliphatic carbocycles. The van der Waals surface area contributed by atoms with Gasteiger partial charge in [0.05, 0.1) is 18.2 Å². The van der Waals surface area contributed by atoms with Crippen LogP contribution in [0.1, 0.15) is 35.3 Å². The Kier molecular flexibility index (Phi) is 6.16. The van der Waals surface area contributed by atoms with E-state index in [1.807, 2.05) is 30.3 Å². The van der Waals surface area contributed by atoms with Crippen LogP contribution < -0.4 is 9.47 Å². The van der Waals surface area contributed by atoms with E-state index in [-0.39, 0.29) is 17.3 Å². The van der Waals surface area contributed by atoms with Crippen molar-refractivity contribution in [3.63, 3.8) is 0 Å². The number of nitrogens with zero attached hydrogens (tertiary/aromatic N) is 1. The summed E-state index contributed by atoms with van der Waals surface area (Å²) in [7, 11) is 1.62. The molecule has 0 spiro atoms. The van der Waals surface area contributed by atoms with Gasteiger partial charge >= 0.3 is 0 Å². The van der Waals surface area contributed by atoms with E-state index >= 15 is 0 Å². The summed E-state index contributed by atoms with van der Waals surface area (Å²) in [5, 5.41) is 10.3. The highest BCUT2D eigenvalue weighted by Gasteiger charge is 2.31. The minimum atomic E-state index is -0.180. The van der Waals surface area contributed by atoms with E-state index in [4.69, 9.17) is 9.47 Å². The van der Waals surface area contributed by atoms with Crippen LogP contribution >= 0.6 is 0 Å². The SMILES string of the molecule is CCN(CC)Cc1c(O)ccc2c1O/C(=C/C=C/c1ccccc1OC)C2=O. The highest BCUT2D eigenvalue weighted by Crippen LogP contribution is 2.39. The van der Waals surface area contributed by atoms with E-state index in [1.165, 1.54) is 0 Å². The number of aromatic hydroxyl groups is 1. The summed E-state index contributed by atoms with van der Waals surface area (Å²) in [5.41, 5.74) is 2.04. The van der Waals surface area contributed by atoms with Gasteiger partial charge in [0.2, 0.25) is 5.78 Å². The van der Waals surface area contributed by atoms with Crippen molar-refractivity contribution in [2.45, 2.75) is 20.4 Å². The van der Waals surface area contributed by atoms with Gasteiger partial charge in [-0.25, -0.2) is 0 Å². The zero-order valence-corrected chi connectivity index (χ0v) is 16.4. The smallest absolute Gasteiger partial charge is 0.231 e. The normalized spacial score (nSPS) is 14.7. The number of phenolic OH excluding ortho intramolecular Hbond substituents is 1. The molecule has 0 radical (unpaired) electrons. The molecule has 2 aromatic carbocycles. The lowest BCUT2D eigenvalue weighted by Crippen LogP contribution is -2.22. The summed E-state index contributed by atoms with van der Waals surface area (Å²) in [6.45, 7) is 6.34. The third kappa shape index (κ3) is 3.94. The first-order chi connectivity index (χ1) is 13.6. The van der Waals surface area contributed by atoms with Crippen molar-refractivity contribution < 1.29 is 19.4 Å². The van der Waals surface area contributed by atoms with Gasteiger partial charge in [-0.3, -0.25) is 9.69 Å². The number of benzene rings is 2. The van der Waals surface area contributed by atoms with Crippen molar-refractivity contribution in [1.82, 2.24) is 4.90 Å². The minimum absolute atomic E-state index is 0.143. The molecule has 1 aliphatic heterocycles. The minimum Gasteiger partial charge on any atom is -0.507 e. The van der Waals surface area contributed by atoms with Crippen LogP contribution in [0.3, 0.4) is 0 Å². The summed E-state index contributed by atoms with van der Waals surface area (Å²) in [6.07, 6.45) is 5.27. The van der Waals surface area contributed by atoms with E-state index in [9.17, 15) is 9.90 Å². The molecule has 146 valence electrons. The Morgan fingerprint density at radius 1 is 1.14 bits per heavy atom. The first-order valence-electron chi connectivity index (χ1n) is 9.40. The number of ketones is 1. The van der Waals surface area contributed by atoms with E-state index in [0.717, 1.165) is 24.4 Å². The predicted molar refractivity (Wildman–Crippen MR) is 110 cm³/mol. The third-order valence-corrected chi connectivity index (χ3v) is 4.85. The number of hydrogen-bond donors (Lipinski definition) is 1. The molecule has 0 unspecified atom stereocenters. The van der Waals surface area contributed by atoms with Crippen LogP contribution in [0.2, 0.25) is 0 Å². The van der Waals surface area contributed by atoms with Gasteiger partial charge in [-0.05, 0) is 37.4 Å². The lowest BCUT2D eigenvalue weighted by atomic mass is 10.0. The molecule has 0 saturated heterocycles. The number of Topliss-reactive ketones (excluding diaryl/α,β-unsaturated/α-hetero) is 1. The molecule has 1 aliphatic rings. The molecular formula is C23H25NO4. The van der Waals surface area contributed by atoms with Gasteiger partial charge in [-0.1, -0.05) is 44.2 Å². The summed E-state index contributed by atoms with van der Waals surface area (Å²) >= 11 is 0.